The molecule has 0 aliphatic carbocycles. The lowest BCUT2D eigenvalue weighted by Gasteiger charge is -2.06. The Morgan fingerprint density at radius 3 is 2.96 bits per heavy atom. The van der Waals surface area contributed by atoms with Gasteiger partial charge in [-0.1, -0.05) is 11.3 Å². The Hall–Kier alpha value is -2.45. The highest BCUT2D eigenvalue weighted by Crippen LogP contribution is 2.22. The fourth-order valence-corrected chi connectivity index (χ4v) is 2.97. The predicted molar refractivity (Wildman–Crippen MR) is 87.7 cm³/mol. The molecule has 120 valence electrons. The van der Waals surface area contributed by atoms with Crippen LogP contribution in [0.1, 0.15) is 5.01 Å². The topological polar surface area (TPSA) is 78.3 Å². The van der Waals surface area contributed by atoms with Gasteiger partial charge in [0.05, 0.1) is 7.11 Å². The largest absolute Gasteiger partial charge is 0.497 e. The van der Waals surface area contributed by atoms with Crippen molar-refractivity contribution in [3.63, 3.8) is 0 Å². The average molecular weight is 332 g/mol. The number of carbonyl (C=O) groups excluding carboxylic acids is 1. The van der Waals surface area contributed by atoms with E-state index in [-0.39, 0.29) is 12.5 Å². The predicted octanol–water partition coefficient (Wildman–Crippen LogP) is 2.29. The standard InChI is InChI=1S/C15H16N4O3S/c1-21-9-14-17-18-15(23-14)16-13(20)8-19-6-5-10-7-11(22-2)3-4-12(10)19/h3-7H,8-9H2,1-2H3,(H,16,18,20). The number of methoxy groups -OCH3 is 2. The van der Waals surface area contributed by atoms with Crippen LogP contribution < -0.4 is 10.1 Å². The van der Waals surface area contributed by atoms with Gasteiger partial charge in [-0.3, -0.25) is 10.1 Å². The smallest absolute Gasteiger partial charge is 0.246 e. The highest BCUT2D eigenvalue weighted by atomic mass is 32.1. The van der Waals surface area contributed by atoms with Gasteiger partial charge >= 0.3 is 0 Å². The van der Waals surface area contributed by atoms with Crippen molar-refractivity contribution < 1.29 is 14.3 Å². The van der Waals surface area contributed by atoms with E-state index >= 15 is 0 Å². The summed E-state index contributed by atoms with van der Waals surface area (Å²) >= 11 is 1.30. The molecule has 1 N–H and O–H groups in total. The molecule has 0 spiro atoms. The van der Waals surface area contributed by atoms with Crippen molar-refractivity contribution in [3.8, 4) is 5.75 Å². The van der Waals surface area contributed by atoms with Crippen molar-refractivity contribution in [1.29, 1.82) is 0 Å². The maximum atomic E-state index is 12.2. The van der Waals surface area contributed by atoms with Gasteiger partial charge < -0.3 is 14.0 Å². The third-order valence-electron chi connectivity index (χ3n) is 3.27. The quantitative estimate of drug-likeness (QED) is 0.749. The van der Waals surface area contributed by atoms with Crippen molar-refractivity contribution in [2.45, 2.75) is 13.2 Å². The van der Waals surface area contributed by atoms with E-state index in [0.717, 1.165) is 21.7 Å². The molecule has 0 atom stereocenters. The number of aromatic nitrogens is 3. The molecule has 0 unspecified atom stereocenters. The summed E-state index contributed by atoms with van der Waals surface area (Å²) in [5, 5.41) is 12.8. The number of amides is 1. The van der Waals surface area contributed by atoms with Crippen LogP contribution in [-0.2, 0) is 22.7 Å². The Bertz CT molecular complexity index is 827. The van der Waals surface area contributed by atoms with Crippen LogP contribution in [0.5, 0.6) is 5.75 Å². The van der Waals surface area contributed by atoms with Gasteiger partial charge in [0.25, 0.3) is 0 Å². The number of nitrogens with zero attached hydrogens (tertiary/aromatic N) is 3. The molecule has 1 aromatic carbocycles. The second-order valence-electron chi connectivity index (χ2n) is 4.85. The zero-order chi connectivity index (χ0) is 16.2. The second-order valence-corrected chi connectivity index (χ2v) is 5.91. The van der Waals surface area contributed by atoms with Gasteiger partial charge in [0, 0.05) is 24.2 Å². The first-order chi connectivity index (χ1) is 11.2. The molecule has 0 fully saturated rings. The number of nitrogens with one attached hydrogen (secondary N) is 1. The first kappa shape index (κ1) is 15.4. The lowest BCUT2D eigenvalue weighted by atomic mass is 10.2. The fourth-order valence-electron chi connectivity index (χ4n) is 2.24. The van der Waals surface area contributed by atoms with E-state index in [2.05, 4.69) is 15.5 Å². The molecule has 8 heteroatoms. The maximum absolute atomic E-state index is 12.2. The summed E-state index contributed by atoms with van der Waals surface area (Å²) in [6, 6.07) is 7.69. The molecule has 0 saturated carbocycles. The number of hydrogen-bond donors (Lipinski definition) is 1. The normalized spacial score (nSPS) is 10.9. The summed E-state index contributed by atoms with van der Waals surface area (Å²) in [6.07, 6.45) is 1.88. The van der Waals surface area contributed by atoms with Crippen LogP contribution in [0, 0.1) is 0 Å². The minimum Gasteiger partial charge on any atom is -0.497 e. The molecule has 0 aliphatic rings. The molecule has 0 bridgehead atoms. The summed E-state index contributed by atoms with van der Waals surface area (Å²) in [5.74, 6) is 0.637. The van der Waals surface area contributed by atoms with E-state index in [4.69, 9.17) is 9.47 Å². The highest BCUT2D eigenvalue weighted by Gasteiger charge is 2.10. The van der Waals surface area contributed by atoms with Crippen LogP contribution in [0.3, 0.4) is 0 Å². The number of benzene rings is 1. The van der Waals surface area contributed by atoms with Gasteiger partial charge in [0.15, 0.2) is 0 Å². The molecule has 23 heavy (non-hydrogen) atoms. The van der Waals surface area contributed by atoms with Gasteiger partial charge in [0.2, 0.25) is 11.0 Å². The lowest BCUT2D eigenvalue weighted by molar-refractivity contribution is -0.116. The van der Waals surface area contributed by atoms with Gasteiger partial charge in [-0.15, -0.1) is 10.2 Å². The van der Waals surface area contributed by atoms with Crippen molar-refractivity contribution in [2.24, 2.45) is 0 Å². The maximum Gasteiger partial charge on any atom is 0.246 e. The van der Waals surface area contributed by atoms with Gasteiger partial charge in [-0.2, -0.15) is 0 Å². The number of anilines is 1. The third kappa shape index (κ3) is 3.49. The summed E-state index contributed by atoms with van der Waals surface area (Å²) in [5.41, 5.74) is 0.971. The first-order valence-corrected chi connectivity index (χ1v) is 7.75. The van der Waals surface area contributed by atoms with E-state index in [0.29, 0.717) is 11.7 Å². The van der Waals surface area contributed by atoms with E-state index in [9.17, 15) is 4.79 Å². The number of hydrogen-bond acceptors (Lipinski definition) is 6. The van der Waals surface area contributed by atoms with E-state index in [1.54, 1.807) is 14.2 Å². The Morgan fingerprint density at radius 1 is 1.30 bits per heavy atom. The molecule has 0 radical (unpaired) electrons. The van der Waals surface area contributed by atoms with Crippen LogP contribution >= 0.6 is 11.3 Å². The Kier molecular flexibility index (Phi) is 4.54. The summed E-state index contributed by atoms with van der Waals surface area (Å²) < 4.78 is 12.1. The number of ether oxygens (including phenoxy) is 2. The van der Waals surface area contributed by atoms with Gasteiger partial charge in [0.1, 0.15) is 23.9 Å². The van der Waals surface area contributed by atoms with Gasteiger partial charge in [-0.25, -0.2) is 0 Å². The molecule has 7 nitrogen and oxygen atoms in total. The molecule has 3 aromatic rings. The zero-order valence-electron chi connectivity index (χ0n) is 12.8. The van der Waals surface area contributed by atoms with Crippen molar-refractivity contribution >= 4 is 33.3 Å². The molecule has 2 aromatic heterocycles. The summed E-state index contributed by atoms with van der Waals surface area (Å²) in [4.78, 5) is 12.2. The molecule has 2 heterocycles. The number of fused-ring (bicyclic) bond motifs is 1. The van der Waals surface area contributed by atoms with Gasteiger partial charge in [-0.05, 0) is 24.3 Å². The zero-order valence-corrected chi connectivity index (χ0v) is 13.6. The average Bonchev–Trinajstić information content (AvgIpc) is 3.14. The second kappa shape index (κ2) is 6.76. The lowest BCUT2D eigenvalue weighted by Crippen LogP contribution is -2.18. The number of rotatable bonds is 6. The highest BCUT2D eigenvalue weighted by molar-refractivity contribution is 7.15. The Morgan fingerprint density at radius 2 is 2.17 bits per heavy atom. The van der Waals surface area contributed by atoms with Crippen LogP contribution in [0.15, 0.2) is 30.5 Å². The van der Waals surface area contributed by atoms with Crippen molar-refractivity contribution in [1.82, 2.24) is 14.8 Å². The summed E-state index contributed by atoms with van der Waals surface area (Å²) in [6.45, 7) is 0.590. The minimum absolute atomic E-state index is 0.154. The van der Waals surface area contributed by atoms with Crippen molar-refractivity contribution in [3.05, 3.63) is 35.5 Å². The van der Waals surface area contributed by atoms with E-state index < -0.39 is 0 Å². The molecule has 0 saturated heterocycles. The molecular weight excluding hydrogens is 316 g/mol. The molecule has 0 aliphatic heterocycles. The molecule has 1 amide bonds. The third-order valence-corrected chi connectivity index (χ3v) is 4.09. The van der Waals surface area contributed by atoms with Crippen LogP contribution in [0.2, 0.25) is 0 Å². The van der Waals surface area contributed by atoms with E-state index in [1.165, 1.54) is 11.3 Å². The molecular formula is C15H16N4O3S. The van der Waals surface area contributed by atoms with Crippen LogP contribution in [0.4, 0.5) is 5.13 Å². The first-order valence-electron chi connectivity index (χ1n) is 6.93. The van der Waals surface area contributed by atoms with Crippen molar-refractivity contribution in [2.75, 3.05) is 19.5 Å². The fraction of sp³-hybridized carbons (Fsp3) is 0.267. The molecule has 3 rings (SSSR count). The Balaban J connectivity index is 1.69. The Labute approximate surface area is 136 Å². The number of carbonyl (C=O) groups is 1. The van der Waals surface area contributed by atoms with E-state index in [1.807, 2.05) is 35.0 Å². The summed E-state index contributed by atoms with van der Waals surface area (Å²) in [7, 11) is 3.22. The van der Waals surface area contributed by atoms with Crippen LogP contribution in [0.25, 0.3) is 10.9 Å². The van der Waals surface area contributed by atoms with Crippen LogP contribution in [-0.4, -0.2) is 34.9 Å². The monoisotopic (exact) mass is 332 g/mol. The minimum atomic E-state index is -0.154. The SMILES string of the molecule is COCc1nnc(NC(=O)Cn2ccc3cc(OC)ccc32)s1.